The summed E-state index contributed by atoms with van der Waals surface area (Å²) in [5.41, 5.74) is 0. The molecule has 0 bridgehead atoms. The molecule has 0 atom stereocenters. The minimum atomic E-state index is -0.106. The molecular weight excluding hydrogens is 360 g/mol. The second-order valence-corrected chi connectivity index (χ2v) is 7.49. The Bertz CT molecular complexity index is 433. The van der Waals surface area contributed by atoms with Crippen LogP contribution in [0.3, 0.4) is 0 Å². The molecule has 27 heavy (non-hydrogen) atoms. The second-order valence-electron chi connectivity index (χ2n) is 7.49. The zero-order valence-corrected chi connectivity index (χ0v) is 19.9. The van der Waals surface area contributed by atoms with Gasteiger partial charge in [0, 0.05) is 6.42 Å². The third-order valence-corrected chi connectivity index (χ3v) is 4.96. The Kier molecular flexibility index (Phi) is 20.6. The molecule has 0 aliphatic carbocycles. The first-order chi connectivity index (χ1) is 12.8. The fraction of sp³-hybridized carbons (Fsp3) is 0.708. The van der Waals surface area contributed by atoms with Crippen LogP contribution in [0.25, 0.3) is 0 Å². The van der Waals surface area contributed by atoms with Gasteiger partial charge in [0.05, 0.1) is 0 Å². The topological polar surface area (TPSA) is 26.3 Å². The van der Waals surface area contributed by atoms with E-state index in [1.807, 2.05) is 30.3 Å². The molecular formula is C24H40CaO2+2. The molecule has 0 saturated heterocycles. The van der Waals surface area contributed by atoms with Crippen molar-refractivity contribution in [2.24, 2.45) is 0 Å². The minimum Gasteiger partial charge on any atom is -0.427 e. The van der Waals surface area contributed by atoms with Crippen LogP contribution in [0.1, 0.15) is 110 Å². The van der Waals surface area contributed by atoms with E-state index in [4.69, 9.17) is 4.74 Å². The van der Waals surface area contributed by atoms with Gasteiger partial charge in [0.25, 0.3) is 0 Å². The number of carbonyl (C=O) groups is 1. The molecule has 0 fully saturated rings. The molecule has 0 aliphatic rings. The minimum absolute atomic E-state index is 0. The number of benzene rings is 1. The maximum Gasteiger partial charge on any atom is 2.00 e. The van der Waals surface area contributed by atoms with Crippen LogP contribution < -0.4 is 4.74 Å². The van der Waals surface area contributed by atoms with E-state index >= 15 is 0 Å². The predicted molar refractivity (Wildman–Crippen MR) is 117 cm³/mol. The largest absolute Gasteiger partial charge is 2.00 e. The van der Waals surface area contributed by atoms with Crippen molar-refractivity contribution >= 4 is 43.7 Å². The molecule has 2 nitrogen and oxygen atoms in total. The van der Waals surface area contributed by atoms with Crippen molar-refractivity contribution < 1.29 is 9.53 Å². The van der Waals surface area contributed by atoms with Gasteiger partial charge < -0.3 is 4.74 Å². The Labute approximate surface area is 197 Å². The van der Waals surface area contributed by atoms with Gasteiger partial charge in [0.15, 0.2) is 0 Å². The number of carbonyl (C=O) groups excluding carboxylic acids is 1. The third-order valence-electron chi connectivity index (χ3n) is 4.96. The standard InChI is InChI=1S/C24H40O2.Ca/c1-2-3-4-5-6-7-8-9-10-11-12-13-14-15-19-22-24(25)26-23-20-17-16-18-21-23;/h16-18,20-21H,2-15,19,22H2,1H3;/q;+2. The Morgan fingerprint density at radius 1 is 0.667 bits per heavy atom. The van der Waals surface area contributed by atoms with Crippen LogP contribution >= 0.6 is 0 Å². The number of unbranched alkanes of at least 4 members (excludes halogenated alkanes) is 14. The summed E-state index contributed by atoms with van der Waals surface area (Å²) >= 11 is 0. The number of hydrogen-bond acceptors (Lipinski definition) is 2. The Hall–Kier alpha value is -0.0503. The molecule has 0 unspecified atom stereocenters. The molecule has 3 heteroatoms. The van der Waals surface area contributed by atoms with Gasteiger partial charge in [-0.05, 0) is 18.6 Å². The van der Waals surface area contributed by atoms with E-state index in [0.717, 1.165) is 12.8 Å². The van der Waals surface area contributed by atoms with E-state index in [0.29, 0.717) is 12.2 Å². The zero-order chi connectivity index (χ0) is 18.7. The van der Waals surface area contributed by atoms with Gasteiger partial charge in [-0.3, -0.25) is 4.79 Å². The Morgan fingerprint density at radius 3 is 1.52 bits per heavy atom. The molecule has 1 aromatic carbocycles. The smallest absolute Gasteiger partial charge is 0.427 e. The van der Waals surface area contributed by atoms with Crippen molar-refractivity contribution in [2.45, 2.75) is 110 Å². The molecule has 1 rings (SSSR count). The number of rotatable bonds is 17. The molecule has 0 aromatic heterocycles. The van der Waals surface area contributed by atoms with Gasteiger partial charge in [-0.1, -0.05) is 115 Å². The van der Waals surface area contributed by atoms with E-state index in [1.165, 1.54) is 83.5 Å². The fourth-order valence-corrected chi connectivity index (χ4v) is 3.31. The maximum atomic E-state index is 11.7. The quantitative estimate of drug-likeness (QED) is 0.117. The van der Waals surface area contributed by atoms with E-state index in [1.54, 1.807) is 0 Å². The van der Waals surface area contributed by atoms with E-state index < -0.39 is 0 Å². The Morgan fingerprint density at radius 2 is 1.07 bits per heavy atom. The number of esters is 1. The summed E-state index contributed by atoms with van der Waals surface area (Å²) in [5, 5.41) is 0. The summed E-state index contributed by atoms with van der Waals surface area (Å²) in [7, 11) is 0. The van der Waals surface area contributed by atoms with Gasteiger partial charge in [0.1, 0.15) is 5.75 Å². The number of ether oxygens (including phenoxy) is 1. The van der Waals surface area contributed by atoms with Crippen LogP contribution in [0.15, 0.2) is 30.3 Å². The maximum absolute atomic E-state index is 11.7. The molecule has 0 spiro atoms. The van der Waals surface area contributed by atoms with Crippen LogP contribution in [-0.4, -0.2) is 43.7 Å². The summed E-state index contributed by atoms with van der Waals surface area (Å²) in [6.45, 7) is 2.28. The molecule has 0 amide bonds. The first-order valence-electron chi connectivity index (χ1n) is 11.1. The van der Waals surface area contributed by atoms with Crippen LogP contribution in [0.5, 0.6) is 5.75 Å². The molecule has 0 aliphatic heterocycles. The van der Waals surface area contributed by atoms with Gasteiger partial charge in [-0.15, -0.1) is 0 Å². The van der Waals surface area contributed by atoms with Gasteiger partial charge in [-0.25, -0.2) is 0 Å². The average Bonchev–Trinajstić information content (AvgIpc) is 2.65. The number of para-hydroxylation sites is 1. The second kappa shape index (κ2) is 20.7. The summed E-state index contributed by atoms with van der Waals surface area (Å²) in [6.07, 6.45) is 20.7. The molecule has 0 N–H and O–H groups in total. The molecule has 0 saturated carbocycles. The fourth-order valence-electron chi connectivity index (χ4n) is 3.31. The van der Waals surface area contributed by atoms with Crippen molar-refractivity contribution in [1.29, 1.82) is 0 Å². The van der Waals surface area contributed by atoms with Crippen LogP contribution in [0, 0.1) is 0 Å². The number of hydrogen-bond donors (Lipinski definition) is 0. The summed E-state index contributed by atoms with van der Waals surface area (Å²) < 4.78 is 5.29. The third kappa shape index (κ3) is 17.8. The van der Waals surface area contributed by atoms with E-state index in [9.17, 15) is 4.79 Å². The normalized spacial score (nSPS) is 10.4. The molecule has 0 heterocycles. The first kappa shape index (κ1) is 26.9. The van der Waals surface area contributed by atoms with Crippen molar-refractivity contribution in [3.63, 3.8) is 0 Å². The van der Waals surface area contributed by atoms with Crippen molar-refractivity contribution in [2.75, 3.05) is 0 Å². The molecule has 1 aromatic rings. The van der Waals surface area contributed by atoms with E-state index in [-0.39, 0.29) is 43.7 Å². The molecule has 0 radical (unpaired) electrons. The average molecular weight is 401 g/mol. The van der Waals surface area contributed by atoms with Crippen molar-refractivity contribution in [3.8, 4) is 5.75 Å². The first-order valence-corrected chi connectivity index (χ1v) is 11.1. The summed E-state index contributed by atoms with van der Waals surface area (Å²) in [4.78, 5) is 11.7. The van der Waals surface area contributed by atoms with Crippen LogP contribution in [-0.2, 0) is 4.79 Å². The zero-order valence-electron chi connectivity index (χ0n) is 17.7. The van der Waals surface area contributed by atoms with Crippen molar-refractivity contribution in [1.82, 2.24) is 0 Å². The summed E-state index contributed by atoms with van der Waals surface area (Å²) in [6, 6.07) is 9.34. The van der Waals surface area contributed by atoms with Crippen LogP contribution in [0.4, 0.5) is 0 Å². The van der Waals surface area contributed by atoms with Gasteiger partial charge in [-0.2, -0.15) is 0 Å². The predicted octanol–water partition coefficient (Wildman–Crippen LogP) is 7.47. The van der Waals surface area contributed by atoms with Gasteiger partial charge in [0.2, 0.25) is 0 Å². The van der Waals surface area contributed by atoms with Gasteiger partial charge >= 0.3 is 43.7 Å². The van der Waals surface area contributed by atoms with Crippen molar-refractivity contribution in [3.05, 3.63) is 30.3 Å². The monoisotopic (exact) mass is 400 g/mol. The Balaban J connectivity index is 0.00000676. The SMILES string of the molecule is CCCCCCCCCCCCCCCCCC(=O)Oc1ccccc1.[Ca+2]. The summed E-state index contributed by atoms with van der Waals surface area (Å²) in [5.74, 6) is 0.546. The van der Waals surface area contributed by atoms with E-state index in [2.05, 4.69) is 6.92 Å². The molecule has 148 valence electrons. The van der Waals surface area contributed by atoms with Crippen LogP contribution in [0.2, 0.25) is 0 Å².